The van der Waals surface area contributed by atoms with E-state index in [0.717, 1.165) is 22.6 Å². The summed E-state index contributed by atoms with van der Waals surface area (Å²) >= 11 is 0. The molecule has 7 N–H and O–H groups in total. The molecule has 5 rings (SSSR count). The van der Waals surface area contributed by atoms with E-state index in [1.807, 2.05) is 84.9 Å². The van der Waals surface area contributed by atoms with Gasteiger partial charge in [0.05, 0.1) is 0 Å². The van der Waals surface area contributed by atoms with Crippen LogP contribution in [0.5, 0.6) is 17.2 Å². The Morgan fingerprint density at radius 1 is 0.517 bits per heavy atom. The number of ether oxygens (including phenoxy) is 4. The van der Waals surface area contributed by atoms with Gasteiger partial charge in [-0.05, 0) is 125 Å². The Morgan fingerprint density at radius 2 is 0.867 bits per heavy atom. The Labute approximate surface area is 351 Å². The standard InChI is InChI=1S/C20H24N2O4.C13H18N2O4.C13H13NO/c1-20(2,3)26-19(24)21-13-18(23)22-16-9-11-17(12-10-16)25-14-15-7-5-4-6-8-15;1-13(2,3)19-12(18)14-8-11(17)15-9-4-6-10(16)7-5-9;14-12-6-8-13(9-7-12)15-10-11-4-2-1-3-5-11/h4-12H,13-14H2,1-3H3,(H,21,24)(H,22,23);4-7,16H,8H2,1-3H3,(H,14,18)(H,15,17);1-9H,10,14H2. The average molecular weight is 822 g/mol. The van der Waals surface area contributed by atoms with Crippen LogP contribution >= 0.6 is 0 Å². The largest absolute Gasteiger partial charge is 0.508 e. The maximum Gasteiger partial charge on any atom is 0.408 e. The third kappa shape index (κ3) is 21.3. The number of nitrogen functional groups attached to an aromatic ring is 1. The monoisotopic (exact) mass is 821 g/mol. The number of amides is 4. The van der Waals surface area contributed by atoms with Crippen LogP contribution in [0.25, 0.3) is 0 Å². The van der Waals surface area contributed by atoms with E-state index in [0.29, 0.717) is 30.3 Å². The van der Waals surface area contributed by atoms with E-state index in [4.69, 9.17) is 29.8 Å². The molecule has 0 fully saturated rings. The van der Waals surface area contributed by atoms with Crippen molar-refractivity contribution in [2.75, 3.05) is 29.5 Å². The van der Waals surface area contributed by atoms with E-state index in [-0.39, 0.29) is 30.7 Å². The quantitative estimate of drug-likeness (QED) is 0.0524. The van der Waals surface area contributed by atoms with Crippen molar-refractivity contribution in [3.63, 3.8) is 0 Å². The first-order chi connectivity index (χ1) is 28.4. The second-order valence-corrected chi connectivity index (χ2v) is 15.0. The summed E-state index contributed by atoms with van der Waals surface area (Å²) in [5, 5.41) is 19.1. The van der Waals surface area contributed by atoms with Gasteiger partial charge in [0, 0.05) is 17.1 Å². The fraction of sp³-hybridized carbons (Fsp3) is 0.261. The minimum Gasteiger partial charge on any atom is -0.508 e. The number of nitrogens with two attached hydrogens (primary N) is 1. The van der Waals surface area contributed by atoms with Crippen molar-refractivity contribution in [1.29, 1.82) is 0 Å². The van der Waals surface area contributed by atoms with E-state index in [1.54, 1.807) is 77.9 Å². The lowest BCUT2D eigenvalue weighted by atomic mass is 10.2. The van der Waals surface area contributed by atoms with Crippen LogP contribution in [0.2, 0.25) is 0 Å². The molecule has 0 spiro atoms. The van der Waals surface area contributed by atoms with Gasteiger partial charge in [-0.25, -0.2) is 9.59 Å². The second-order valence-electron chi connectivity index (χ2n) is 15.0. The van der Waals surface area contributed by atoms with Crippen molar-refractivity contribution in [2.45, 2.75) is 66.0 Å². The number of nitrogens with one attached hydrogen (secondary N) is 4. The highest BCUT2D eigenvalue weighted by atomic mass is 16.6. The highest BCUT2D eigenvalue weighted by Crippen LogP contribution is 2.18. The zero-order valence-electron chi connectivity index (χ0n) is 34.8. The molecule has 0 saturated carbocycles. The molecule has 0 aliphatic rings. The summed E-state index contributed by atoms with van der Waals surface area (Å²) in [6.45, 7) is 11.2. The van der Waals surface area contributed by atoms with Crippen molar-refractivity contribution >= 4 is 41.1 Å². The molecule has 0 heterocycles. The molecule has 0 aliphatic carbocycles. The summed E-state index contributed by atoms with van der Waals surface area (Å²) in [4.78, 5) is 46.2. The maximum atomic E-state index is 11.9. The van der Waals surface area contributed by atoms with Gasteiger partial charge < -0.3 is 51.1 Å². The summed E-state index contributed by atoms with van der Waals surface area (Å²) in [6, 6.07) is 40.4. The van der Waals surface area contributed by atoms with Gasteiger partial charge in [-0.2, -0.15) is 0 Å². The Balaban J connectivity index is 0.000000250. The van der Waals surface area contributed by atoms with Crippen molar-refractivity contribution < 1.29 is 43.2 Å². The zero-order chi connectivity index (χ0) is 44.0. The fourth-order valence-electron chi connectivity index (χ4n) is 4.57. The van der Waals surface area contributed by atoms with Crippen LogP contribution in [-0.2, 0) is 32.3 Å². The van der Waals surface area contributed by atoms with Gasteiger partial charge in [0.1, 0.15) is 54.8 Å². The zero-order valence-corrected chi connectivity index (χ0v) is 34.8. The molecular formula is C46H55N5O9. The number of hydrogen-bond donors (Lipinski definition) is 6. The third-order valence-corrected chi connectivity index (χ3v) is 7.25. The van der Waals surface area contributed by atoms with E-state index < -0.39 is 23.4 Å². The number of anilines is 3. The van der Waals surface area contributed by atoms with E-state index in [9.17, 15) is 19.2 Å². The summed E-state index contributed by atoms with van der Waals surface area (Å²) < 4.78 is 21.3. The molecule has 0 atom stereocenters. The lowest BCUT2D eigenvalue weighted by Crippen LogP contribution is -2.37. The van der Waals surface area contributed by atoms with Crippen LogP contribution in [0.4, 0.5) is 26.7 Å². The molecule has 0 aliphatic heterocycles. The first-order valence-corrected chi connectivity index (χ1v) is 19.0. The minimum atomic E-state index is -0.645. The molecule has 0 radical (unpaired) electrons. The van der Waals surface area contributed by atoms with Crippen LogP contribution in [-0.4, -0.2) is 53.4 Å². The van der Waals surface area contributed by atoms with Gasteiger partial charge in [-0.1, -0.05) is 60.7 Å². The van der Waals surface area contributed by atoms with Crippen LogP contribution in [0.3, 0.4) is 0 Å². The van der Waals surface area contributed by atoms with Crippen molar-refractivity contribution in [3.05, 3.63) is 145 Å². The van der Waals surface area contributed by atoms with Crippen LogP contribution in [0, 0.1) is 0 Å². The first-order valence-electron chi connectivity index (χ1n) is 19.0. The van der Waals surface area contributed by atoms with Crippen molar-refractivity contribution in [1.82, 2.24) is 10.6 Å². The number of carbonyl (C=O) groups excluding carboxylic acids is 4. The SMILES string of the molecule is CC(C)(C)OC(=O)NCC(=O)Nc1ccc(O)cc1.CC(C)(C)OC(=O)NCC(=O)Nc1ccc(OCc2ccccc2)cc1.Nc1ccc(OCc2ccccc2)cc1. The number of alkyl carbamates (subject to hydrolysis) is 2. The number of carbonyl (C=O) groups is 4. The summed E-state index contributed by atoms with van der Waals surface area (Å²) in [5.74, 6) is 0.946. The van der Waals surface area contributed by atoms with Gasteiger partial charge in [-0.15, -0.1) is 0 Å². The van der Waals surface area contributed by atoms with Crippen LogP contribution in [0.1, 0.15) is 52.7 Å². The van der Waals surface area contributed by atoms with Crippen molar-refractivity contribution in [3.8, 4) is 17.2 Å². The molecule has 14 nitrogen and oxygen atoms in total. The van der Waals surface area contributed by atoms with Crippen LogP contribution < -0.4 is 36.5 Å². The Kier molecular flexibility index (Phi) is 18.8. The Hall–Kier alpha value is -7.22. The van der Waals surface area contributed by atoms with E-state index in [1.165, 1.54) is 12.1 Å². The van der Waals surface area contributed by atoms with Gasteiger partial charge in [0.2, 0.25) is 11.8 Å². The first kappa shape index (κ1) is 47.2. The molecule has 0 aromatic heterocycles. The molecule has 5 aromatic carbocycles. The van der Waals surface area contributed by atoms with Gasteiger partial charge in [0.25, 0.3) is 0 Å². The average Bonchev–Trinajstić information content (AvgIpc) is 3.20. The lowest BCUT2D eigenvalue weighted by molar-refractivity contribution is -0.116. The molecule has 4 amide bonds. The molecule has 0 unspecified atom stereocenters. The number of rotatable bonds is 12. The normalized spacial score (nSPS) is 10.5. The lowest BCUT2D eigenvalue weighted by Gasteiger charge is -2.19. The predicted molar refractivity (Wildman–Crippen MR) is 233 cm³/mol. The second kappa shape index (κ2) is 23.9. The third-order valence-electron chi connectivity index (χ3n) is 7.25. The van der Waals surface area contributed by atoms with Crippen molar-refractivity contribution in [2.24, 2.45) is 0 Å². The topological polar surface area (TPSA) is 200 Å². The molecule has 60 heavy (non-hydrogen) atoms. The molecular weight excluding hydrogens is 767 g/mol. The molecule has 0 bridgehead atoms. The Morgan fingerprint density at radius 3 is 1.23 bits per heavy atom. The van der Waals surface area contributed by atoms with Crippen LogP contribution in [0.15, 0.2) is 133 Å². The minimum absolute atomic E-state index is 0.116. The van der Waals surface area contributed by atoms with E-state index >= 15 is 0 Å². The number of phenolic OH excluding ortho intramolecular Hbond substituents is 1. The van der Waals surface area contributed by atoms with Gasteiger partial charge >= 0.3 is 12.2 Å². The number of phenols is 1. The number of benzene rings is 5. The van der Waals surface area contributed by atoms with Gasteiger partial charge in [0.15, 0.2) is 0 Å². The number of aromatic hydroxyl groups is 1. The fourth-order valence-corrected chi connectivity index (χ4v) is 4.57. The maximum absolute atomic E-state index is 11.9. The highest BCUT2D eigenvalue weighted by molar-refractivity contribution is 5.94. The predicted octanol–water partition coefficient (Wildman–Crippen LogP) is 8.43. The van der Waals surface area contributed by atoms with Gasteiger partial charge in [-0.3, -0.25) is 9.59 Å². The summed E-state index contributed by atoms with van der Waals surface area (Å²) in [7, 11) is 0. The summed E-state index contributed by atoms with van der Waals surface area (Å²) in [6.07, 6.45) is -1.27. The Bertz CT molecular complexity index is 2050. The summed E-state index contributed by atoms with van der Waals surface area (Å²) in [5.41, 5.74) is 8.53. The van der Waals surface area contributed by atoms with E-state index in [2.05, 4.69) is 21.3 Å². The molecule has 0 saturated heterocycles. The highest BCUT2D eigenvalue weighted by Gasteiger charge is 2.17. The number of hydrogen-bond acceptors (Lipinski definition) is 10. The molecule has 14 heteroatoms. The smallest absolute Gasteiger partial charge is 0.408 e. The molecule has 318 valence electrons. The molecule has 5 aromatic rings.